The normalized spacial score (nSPS) is 22.1. The highest BCUT2D eigenvalue weighted by atomic mass is 32.2. The van der Waals surface area contributed by atoms with Gasteiger partial charge in [-0.25, -0.2) is 8.42 Å². The van der Waals surface area contributed by atoms with Crippen LogP contribution in [0.2, 0.25) is 0 Å². The first-order valence-corrected chi connectivity index (χ1v) is 10.1. The maximum atomic E-state index is 12.4. The first-order valence-electron chi connectivity index (χ1n) is 8.40. The van der Waals surface area contributed by atoms with Crippen LogP contribution in [0.4, 0.5) is 0 Å². The van der Waals surface area contributed by atoms with E-state index in [2.05, 4.69) is 10.2 Å². The number of benzene rings is 1. The van der Waals surface area contributed by atoms with Crippen LogP contribution in [0.25, 0.3) is 0 Å². The molecule has 2 heterocycles. The highest BCUT2D eigenvalue weighted by Crippen LogP contribution is 2.27. The monoisotopic (exact) mass is 352 g/mol. The molecule has 0 bridgehead atoms. The van der Waals surface area contributed by atoms with Gasteiger partial charge in [0.25, 0.3) is 0 Å². The largest absolute Gasteiger partial charge is 0.373 e. The van der Waals surface area contributed by atoms with Crippen LogP contribution in [0.15, 0.2) is 35.2 Å². The van der Waals surface area contributed by atoms with Crippen molar-refractivity contribution in [1.29, 1.82) is 0 Å². The third kappa shape index (κ3) is 4.15. The average Bonchev–Trinajstić information content (AvgIpc) is 2.78. The molecule has 1 aromatic carbocycles. The van der Waals surface area contributed by atoms with Gasteiger partial charge in [0, 0.05) is 32.6 Å². The Labute approximate surface area is 143 Å². The Bertz CT molecular complexity index is 667. The van der Waals surface area contributed by atoms with Gasteiger partial charge in [-0.05, 0) is 25.0 Å². The van der Waals surface area contributed by atoms with Crippen LogP contribution in [0.1, 0.15) is 19.3 Å². The number of sulfone groups is 1. The van der Waals surface area contributed by atoms with Gasteiger partial charge in [0.2, 0.25) is 5.91 Å². The number of hydrogen-bond acceptors (Lipinski definition) is 5. The summed E-state index contributed by atoms with van der Waals surface area (Å²) in [5.41, 5.74) is -0.277. The lowest BCUT2D eigenvalue weighted by Crippen LogP contribution is -2.51. The zero-order chi connectivity index (χ0) is 17.0. The average molecular weight is 352 g/mol. The maximum absolute atomic E-state index is 12.4. The highest BCUT2D eigenvalue weighted by Gasteiger charge is 2.37. The topological polar surface area (TPSA) is 75.7 Å². The van der Waals surface area contributed by atoms with Crippen molar-refractivity contribution >= 4 is 15.7 Å². The molecular formula is C17H24N2O4S. The SMILES string of the molecule is O=C1CCOC2(CCN(CCS(=O)(=O)c3ccccc3)CC2)CN1. The molecule has 2 saturated heterocycles. The van der Waals surface area contributed by atoms with Crippen LogP contribution < -0.4 is 5.32 Å². The predicted molar refractivity (Wildman–Crippen MR) is 90.5 cm³/mol. The summed E-state index contributed by atoms with van der Waals surface area (Å²) in [6.45, 7) is 3.14. The van der Waals surface area contributed by atoms with Gasteiger partial charge in [-0.1, -0.05) is 18.2 Å². The van der Waals surface area contributed by atoms with E-state index < -0.39 is 9.84 Å². The summed E-state index contributed by atoms with van der Waals surface area (Å²) < 4.78 is 30.6. The molecule has 0 atom stereocenters. The number of piperidine rings is 1. The second-order valence-corrected chi connectivity index (χ2v) is 8.64. The summed E-state index contributed by atoms with van der Waals surface area (Å²) >= 11 is 0. The number of likely N-dealkylation sites (tertiary alicyclic amines) is 1. The Morgan fingerprint density at radius 3 is 2.58 bits per heavy atom. The third-order valence-electron chi connectivity index (χ3n) is 4.89. The lowest BCUT2D eigenvalue weighted by Gasteiger charge is -2.40. The zero-order valence-corrected chi connectivity index (χ0v) is 14.6. The molecule has 6 nitrogen and oxygen atoms in total. The van der Waals surface area contributed by atoms with E-state index >= 15 is 0 Å². The maximum Gasteiger partial charge on any atom is 0.222 e. The molecule has 2 aliphatic rings. The van der Waals surface area contributed by atoms with Crippen LogP contribution in [-0.4, -0.2) is 63.4 Å². The van der Waals surface area contributed by atoms with Crippen molar-refractivity contribution < 1.29 is 17.9 Å². The molecule has 2 fully saturated rings. The molecule has 0 unspecified atom stereocenters. The summed E-state index contributed by atoms with van der Waals surface area (Å²) in [7, 11) is -3.24. The van der Waals surface area contributed by atoms with Crippen molar-refractivity contribution in [2.24, 2.45) is 0 Å². The minimum absolute atomic E-state index is 0.0447. The van der Waals surface area contributed by atoms with E-state index in [1.807, 2.05) is 6.07 Å². The van der Waals surface area contributed by atoms with Crippen molar-refractivity contribution in [3.63, 3.8) is 0 Å². The predicted octanol–water partition coefficient (Wildman–Crippen LogP) is 0.831. The summed E-state index contributed by atoms with van der Waals surface area (Å²) in [6.07, 6.45) is 2.05. The standard InChI is InChI=1S/C17H24N2O4S/c20-16-6-12-23-17(14-18-16)7-9-19(10-8-17)11-13-24(21,22)15-4-2-1-3-5-15/h1-5H,6-14H2,(H,18,20). The minimum atomic E-state index is -3.24. The molecule has 0 saturated carbocycles. The Kier molecular flexibility index (Phi) is 5.22. The molecule has 0 aliphatic carbocycles. The van der Waals surface area contributed by atoms with Gasteiger partial charge >= 0.3 is 0 Å². The van der Waals surface area contributed by atoms with Gasteiger partial charge in [0.1, 0.15) is 0 Å². The van der Waals surface area contributed by atoms with Gasteiger partial charge in [-0.15, -0.1) is 0 Å². The fraction of sp³-hybridized carbons (Fsp3) is 0.588. The number of ether oxygens (including phenoxy) is 1. The number of rotatable bonds is 4. The molecule has 0 aromatic heterocycles. The lowest BCUT2D eigenvalue weighted by molar-refractivity contribution is -0.120. The van der Waals surface area contributed by atoms with Gasteiger partial charge in [0.15, 0.2) is 9.84 Å². The van der Waals surface area contributed by atoms with Gasteiger partial charge in [0.05, 0.1) is 22.9 Å². The van der Waals surface area contributed by atoms with Crippen LogP contribution in [0.5, 0.6) is 0 Å². The molecule has 1 amide bonds. The van der Waals surface area contributed by atoms with Gasteiger partial charge in [-0.3, -0.25) is 4.79 Å². The summed E-state index contributed by atoms with van der Waals surface area (Å²) in [5, 5.41) is 2.92. The fourth-order valence-corrected chi connectivity index (χ4v) is 4.57. The molecule has 132 valence electrons. The van der Waals surface area contributed by atoms with Crippen molar-refractivity contribution in [2.45, 2.75) is 29.8 Å². The van der Waals surface area contributed by atoms with E-state index in [1.54, 1.807) is 24.3 Å². The smallest absolute Gasteiger partial charge is 0.222 e. The quantitative estimate of drug-likeness (QED) is 0.869. The van der Waals surface area contributed by atoms with E-state index in [0.29, 0.717) is 31.0 Å². The fourth-order valence-electron chi connectivity index (χ4n) is 3.26. The van der Waals surface area contributed by atoms with Crippen LogP contribution >= 0.6 is 0 Å². The summed E-state index contributed by atoms with van der Waals surface area (Å²) in [6, 6.07) is 8.59. The summed E-state index contributed by atoms with van der Waals surface area (Å²) in [5.74, 6) is 0.171. The Morgan fingerprint density at radius 2 is 1.88 bits per heavy atom. The number of carbonyl (C=O) groups is 1. The number of nitrogens with zero attached hydrogens (tertiary/aromatic N) is 1. The van der Waals surface area contributed by atoms with Gasteiger partial charge in [-0.2, -0.15) is 0 Å². The second-order valence-electron chi connectivity index (χ2n) is 6.53. The number of carbonyl (C=O) groups excluding carboxylic acids is 1. The Balaban J connectivity index is 1.52. The Morgan fingerprint density at radius 1 is 1.17 bits per heavy atom. The van der Waals surface area contributed by atoms with Crippen molar-refractivity contribution in [3.8, 4) is 0 Å². The molecule has 7 heteroatoms. The Hall–Kier alpha value is -1.44. The van der Waals surface area contributed by atoms with Crippen LogP contribution in [0.3, 0.4) is 0 Å². The molecule has 1 aromatic rings. The zero-order valence-electron chi connectivity index (χ0n) is 13.7. The first kappa shape index (κ1) is 17.4. The molecule has 0 radical (unpaired) electrons. The van der Waals surface area contributed by atoms with E-state index in [1.165, 1.54) is 0 Å². The second kappa shape index (κ2) is 7.21. The molecule has 1 spiro atoms. The third-order valence-corrected chi connectivity index (χ3v) is 6.60. The van der Waals surface area contributed by atoms with E-state index in [-0.39, 0.29) is 17.3 Å². The van der Waals surface area contributed by atoms with Crippen molar-refractivity contribution in [2.75, 3.05) is 38.5 Å². The van der Waals surface area contributed by atoms with E-state index in [9.17, 15) is 13.2 Å². The van der Waals surface area contributed by atoms with Crippen molar-refractivity contribution in [1.82, 2.24) is 10.2 Å². The number of amides is 1. The van der Waals surface area contributed by atoms with Crippen molar-refractivity contribution in [3.05, 3.63) is 30.3 Å². The summed E-state index contributed by atoms with van der Waals surface area (Å²) in [4.78, 5) is 14.0. The van der Waals surface area contributed by atoms with E-state index in [4.69, 9.17) is 4.74 Å². The molecule has 2 aliphatic heterocycles. The minimum Gasteiger partial charge on any atom is -0.373 e. The lowest BCUT2D eigenvalue weighted by atomic mass is 9.91. The van der Waals surface area contributed by atoms with Crippen LogP contribution in [-0.2, 0) is 19.4 Å². The van der Waals surface area contributed by atoms with E-state index in [0.717, 1.165) is 25.9 Å². The molecular weight excluding hydrogens is 328 g/mol. The molecule has 3 rings (SSSR count). The highest BCUT2D eigenvalue weighted by molar-refractivity contribution is 7.91. The number of nitrogens with one attached hydrogen (secondary N) is 1. The molecule has 1 N–H and O–H groups in total. The van der Waals surface area contributed by atoms with Gasteiger partial charge < -0.3 is 15.0 Å². The van der Waals surface area contributed by atoms with Crippen LogP contribution in [0, 0.1) is 0 Å². The number of hydrogen-bond donors (Lipinski definition) is 1. The molecule has 24 heavy (non-hydrogen) atoms. The first-order chi connectivity index (χ1) is 11.5.